The van der Waals surface area contributed by atoms with Crippen LogP contribution in [0.25, 0.3) is 0 Å². The molecule has 8 heteroatoms. The van der Waals surface area contributed by atoms with Gasteiger partial charge in [-0.15, -0.1) is 10.2 Å². The Morgan fingerprint density at radius 3 is 2.44 bits per heavy atom. The van der Waals surface area contributed by atoms with Gasteiger partial charge in [-0.2, -0.15) is 0 Å². The first-order valence-corrected chi connectivity index (χ1v) is 7.35. The fourth-order valence-electron chi connectivity index (χ4n) is 2.04. The second-order valence-corrected chi connectivity index (χ2v) is 5.07. The molecule has 0 spiro atoms. The number of amides is 1. The normalized spacial score (nSPS) is 10.3. The van der Waals surface area contributed by atoms with E-state index < -0.39 is 23.2 Å². The zero-order valence-electron chi connectivity index (χ0n) is 12.9. The van der Waals surface area contributed by atoms with Gasteiger partial charge in [-0.1, -0.05) is 12.1 Å². The molecule has 0 atom stereocenters. The standard InChI is InChI=1S/C17H13F2N5O/c18-12-4-1-5-13(19)16(12)22-17(25)14-6-7-15(24-23-14)21-10-11-3-2-8-20-9-11/h1-9H,10H2,(H,21,24)(H,22,25). The van der Waals surface area contributed by atoms with Crippen LogP contribution in [0.5, 0.6) is 0 Å². The van der Waals surface area contributed by atoms with E-state index in [0.29, 0.717) is 12.4 Å². The van der Waals surface area contributed by atoms with Crippen molar-refractivity contribution in [2.75, 3.05) is 10.6 Å². The molecular formula is C17H13F2N5O. The van der Waals surface area contributed by atoms with E-state index in [4.69, 9.17) is 0 Å². The van der Waals surface area contributed by atoms with Gasteiger partial charge in [0.15, 0.2) is 5.69 Å². The SMILES string of the molecule is O=C(Nc1c(F)cccc1F)c1ccc(NCc2cccnc2)nn1. The van der Waals surface area contributed by atoms with Gasteiger partial charge in [0.1, 0.15) is 23.1 Å². The molecule has 3 aromatic rings. The zero-order valence-corrected chi connectivity index (χ0v) is 12.9. The van der Waals surface area contributed by atoms with Gasteiger partial charge in [0, 0.05) is 18.9 Å². The molecule has 0 unspecified atom stereocenters. The third kappa shape index (κ3) is 4.11. The van der Waals surface area contributed by atoms with Crippen LogP contribution in [0.15, 0.2) is 54.9 Å². The van der Waals surface area contributed by atoms with Crippen molar-refractivity contribution in [1.29, 1.82) is 0 Å². The molecule has 0 saturated carbocycles. The van der Waals surface area contributed by atoms with Crippen molar-refractivity contribution in [3.63, 3.8) is 0 Å². The summed E-state index contributed by atoms with van der Waals surface area (Å²) in [5.74, 6) is -2.03. The monoisotopic (exact) mass is 341 g/mol. The van der Waals surface area contributed by atoms with Crippen molar-refractivity contribution in [2.45, 2.75) is 6.54 Å². The molecule has 3 rings (SSSR count). The maximum absolute atomic E-state index is 13.5. The highest BCUT2D eigenvalue weighted by molar-refractivity contribution is 6.02. The lowest BCUT2D eigenvalue weighted by atomic mass is 10.2. The summed E-state index contributed by atoms with van der Waals surface area (Å²) in [5.41, 5.74) is 0.379. The predicted molar refractivity (Wildman–Crippen MR) is 87.9 cm³/mol. The third-order valence-electron chi connectivity index (χ3n) is 3.29. The molecule has 25 heavy (non-hydrogen) atoms. The molecule has 2 heterocycles. The van der Waals surface area contributed by atoms with Crippen LogP contribution in [0.3, 0.4) is 0 Å². The Labute approximate surface area is 141 Å². The van der Waals surface area contributed by atoms with E-state index in [1.165, 1.54) is 12.1 Å². The molecule has 1 aromatic carbocycles. The smallest absolute Gasteiger partial charge is 0.276 e. The minimum atomic E-state index is -0.865. The van der Waals surface area contributed by atoms with Crippen molar-refractivity contribution < 1.29 is 13.6 Å². The molecule has 0 aliphatic carbocycles. The van der Waals surface area contributed by atoms with E-state index in [1.807, 2.05) is 12.1 Å². The molecule has 1 amide bonds. The number of pyridine rings is 1. The van der Waals surface area contributed by atoms with Gasteiger partial charge < -0.3 is 10.6 Å². The van der Waals surface area contributed by atoms with E-state index in [1.54, 1.807) is 18.5 Å². The number of rotatable bonds is 5. The maximum Gasteiger partial charge on any atom is 0.276 e. The quantitative estimate of drug-likeness (QED) is 0.746. The van der Waals surface area contributed by atoms with Crippen LogP contribution in [0.1, 0.15) is 16.1 Å². The Balaban J connectivity index is 1.64. The number of carbonyl (C=O) groups excluding carboxylic acids is 1. The number of anilines is 2. The Kier molecular flexibility index (Phi) is 4.89. The number of nitrogens with zero attached hydrogens (tertiary/aromatic N) is 3. The summed E-state index contributed by atoms with van der Waals surface area (Å²) >= 11 is 0. The minimum absolute atomic E-state index is 0.0606. The first-order chi connectivity index (χ1) is 12.1. The van der Waals surface area contributed by atoms with E-state index in [2.05, 4.69) is 25.8 Å². The Morgan fingerprint density at radius 1 is 1.00 bits per heavy atom. The predicted octanol–water partition coefficient (Wildman–Crippen LogP) is 3.01. The van der Waals surface area contributed by atoms with Gasteiger partial charge in [-0.25, -0.2) is 8.78 Å². The average molecular weight is 341 g/mol. The molecule has 0 saturated heterocycles. The molecule has 0 fully saturated rings. The second-order valence-electron chi connectivity index (χ2n) is 5.07. The van der Waals surface area contributed by atoms with Crippen LogP contribution in [0.2, 0.25) is 0 Å². The molecule has 126 valence electrons. The highest BCUT2D eigenvalue weighted by Gasteiger charge is 2.14. The van der Waals surface area contributed by atoms with Crippen molar-refractivity contribution in [3.05, 3.63) is 77.8 Å². The number of carbonyl (C=O) groups is 1. The Bertz CT molecular complexity index is 852. The van der Waals surface area contributed by atoms with E-state index in [0.717, 1.165) is 17.7 Å². The molecule has 0 aliphatic rings. The summed E-state index contributed by atoms with van der Waals surface area (Å²) in [7, 11) is 0. The maximum atomic E-state index is 13.5. The summed E-state index contributed by atoms with van der Waals surface area (Å²) in [5, 5.41) is 12.8. The van der Waals surface area contributed by atoms with Crippen molar-refractivity contribution in [2.24, 2.45) is 0 Å². The number of aromatic nitrogens is 3. The number of halogens is 2. The number of hydrogen-bond acceptors (Lipinski definition) is 5. The molecular weight excluding hydrogens is 328 g/mol. The number of benzene rings is 1. The second kappa shape index (κ2) is 7.43. The van der Waals surface area contributed by atoms with Gasteiger partial charge in [-0.3, -0.25) is 9.78 Å². The molecule has 2 N–H and O–H groups in total. The third-order valence-corrected chi connectivity index (χ3v) is 3.29. The van der Waals surface area contributed by atoms with Gasteiger partial charge >= 0.3 is 0 Å². The first-order valence-electron chi connectivity index (χ1n) is 7.35. The van der Waals surface area contributed by atoms with Crippen LogP contribution in [-0.2, 0) is 6.54 Å². The van der Waals surface area contributed by atoms with E-state index in [-0.39, 0.29) is 5.69 Å². The van der Waals surface area contributed by atoms with Crippen LogP contribution in [0, 0.1) is 11.6 Å². The lowest BCUT2D eigenvalue weighted by Crippen LogP contribution is -2.16. The minimum Gasteiger partial charge on any atom is -0.364 e. The number of hydrogen-bond donors (Lipinski definition) is 2. The first kappa shape index (κ1) is 16.4. The fourth-order valence-corrected chi connectivity index (χ4v) is 2.04. The molecule has 6 nitrogen and oxygen atoms in total. The summed E-state index contributed by atoms with van der Waals surface area (Å²) in [4.78, 5) is 16.0. The van der Waals surface area contributed by atoms with Crippen molar-refractivity contribution >= 4 is 17.4 Å². The topological polar surface area (TPSA) is 79.8 Å². The van der Waals surface area contributed by atoms with Gasteiger partial charge in [0.05, 0.1) is 0 Å². The van der Waals surface area contributed by atoms with Gasteiger partial charge in [0.25, 0.3) is 5.91 Å². The highest BCUT2D eigenvalue weighted by Crippen LogP contribution is 2.18. The summed E-state index contributed by atoms with van der Waals surface area (Å²) in [6.07, 6.45) is 3.39. The Morgan fingerprint density at radius 2 is 1.80 bits per heavy atom. The fraction of sp³-hybridized carbons (Fsp3) is 0.0588. The van der Waals surface area contributed by atoms with Crippen LogP contribution < -0.4 is 10.6 Å². The molecule has 0 bridgehead atoms. The number of nitrogens with one attached hydrogen (secondary N) is 2. The lowest BCUT2D eigenvalue weighted by molar-refractivity contribution is 0.102. The summed E-state index contributed by atoms with van der Waals surface area (Å²) in [6, 6.07) is 9.99. The van der Waals surface area contributed by atoms with Gasteiger partial charge in [-0.05, 0) is 35.9 Å². The molecule has 0 radical (unpaired) electrons. The zero-order chi connectivity index (χ0) is 17.6. The van der Waals surface area contributed by atoms with Crippen molar-refractivity contribution in [1.82, 2.24) is 15.2 Å². The lowest BCUT2D eigenvalue weighted by Gasteiger charge is -2.08. The van der Waals surface area contributed by atoms with E-state index in [9.17, 15) is 13.6 Å². The van der Waals surface area contributed by atoms with Crippen LogP contribution >= 0.6 is 0 Å². The van der Waals surface area contributed by atoms with Crippen molar-refractivity contribution in [3.8, 4) is 0 Å². The van der Waals surface area contributed by atoms with E-state index >= 15 is 0 Å². The average Bonchev–Trinajstić information content (AvgIpc) is 2.64. The van der Waals surface area contributed by atoms with Gasteiger partial charge in [0.2, 0.25) is 0 Å². The summed E-state index contributed by atoms with van der Waals surface area (Å²) < 4.78 is 27.1. The number of para-hydroxylation sites is 1. The van der Waals surface area contributed by atoms with Crippen LogP contribution in [-0.4, -0.2) is 21.1 Å². The van der Waals surface area contributed by atoms with Crippen LogP contribution in [0.4, 0.5) is 20.3 Å². The largest absolute Gasteiger partial charge is 0.364 e. The molecule has 2 aromatic heterocycles. The molecule has 0 aliphatic heterocycles. The highest BCUT2D eigenvalue weighted by atomic mass is 19.1. The Hall–Kier alpha value is -3.42. The summed E-state index contributed by atoms with van der Waals surface area (Å²) in [6.45, 7) is 0.495.